The van der Waals surface area contributed by atoms with Crippen molar-refractivity contribution in [2.24, 2.45) is 5.92 Å². The molecule has 0 aromatic heterocycles. The number of rotatable bonds is 6. The molecule has 1 aliphatic carbocycles. The zero-order valence-corrected chi connectivity index (χ0v) is 17.4. The van der Waals surface area contributed by atoms with Crippen molar-refractivity contribution in [3.8, 4) is 0 Å². The van der Waals surface area contributed by atoms with Crippen molar-refractivity contribution < 1.29 is 4.79 Å². The minimum atomic E-state index is -0.0685. The summed E-state index contributed by atoms with van der Waals surface area (Å²) in [5.41, 5.74) is 0.974. The summed E-state index contributed by atoms with van der Waals surface area (Å²) in [5.74, 6) is 0.980. The second-order valence-electron chi connectivity index (χ2n) is 8.25. The van der Waals surface area contributed by atoms with E-state index in [9.17, 15) is 4.79 Å². The monoisotopic (exact) mass is 391 g/mol. The van der Waals surface area contributed by atoms with E-state index in [4.69, 9.17) is 11.6 Å². The van der Waals surface area contributed by atoms with Gasteiger partial charge in [0.05, 0.1) is 12.6 Å². The van der Waals surface area contributed by atoms with Gasteiger partial charge in [-0.1, -0.05) is 49.1 Å². The van der Waals surface area contributed by atoms with Gasteiger partial charge in [0.25, 0.3) is 0 Å². The Bertz CT molecular complexity index is 603. The molecule has 1 amide bonds. The highest BCUT2D eigenvalue weighted by molar-refractivity contribution is 6.31. The van der Waals surface area contributed by atoms with Gasteiger partial charge in [0.1, 0.15) is 0 Å². The second kappa shape index (κ2) is 10.4. The molecule has 1 saturated heterocycles. The molecule has 1 atom stereocenters. The van der Waals surface area contributed by atoms with Gasteiger partial charge in [0.15, 0.2) is 0 Å². The highest BCUT2D eigenvalue weighted by Gasteiger charge is 2.21. The minimum Gasteiger partial charge on any atom is -0.348 e. The third-order valence-corrected chi connectivity index (χ3v) is 6.38. The fourth-order valence-electron chi connectivity index (χ4n) is 4.49. The van der Waals surface area contributed by atoms with Crippen LogP contribution in [0.15, 0.2) is 24.3 Å². The summed E-state index contributed by atoms with van der Waals surface area (Å²) >= 11 is 6.24. The highest BCUT2D eigenvalue weighted by atomic mass is 35.5. The van der Waals surface area contributed by atoms with Crippen LogP contribution in [0.5, 0.6) is 0 Å². The van der Waals surface area contributed by atoms with Gasteiger partial charge in [0.2, 0.25) is 5.91 Å². The Labute approximate surface area is 169 Å². The maximum absolute atomic E-state index is 12.5. The molecule has 0 bridgehead atoms. The van der Waals surface area contributed by atoms with Crippen molar-refractivity contribution in [1.82, 2.24) is 15.1 Å². The SMILES string of the molecule is CC(NC(=O)CN1CCCN(CC2CCCCC2)CC1)c1ccccc1Cl. The van der Waals surface area contributed by atoms with Crippen LogP contribution < -0.4 is 5.32 Å². The van der Waals surface area contributed by atoms with Crippen LogP contribution in [-0.2, 0) is 4.79 Å². The summed E-state index contributed by atoms with van der Waals surface area (Å²) in [4.78, 5) is 17.4. The highest BCUT2D eigenvalue weighted by Crippen LogP contribution is 2.25. The Morgan fingerprint density at radius 3 is 2.56 bits per heavy atom. The smallest absolute Gasteiger partial charge is 0.234 e. The molecule has 1 N–H and O–H groups in total. The van der Waals surface area contributed by atoms with Gasteiger partial charge in [-0.05, 0) is 56.8 Å². The summed E-state index contributed by atoms with van der Waals surface area (Å²) in [6.45, 7) is 7.98. The van der Waals surface area contributed by atoms with E-state index in [1.165, 1.54) is 45.2 Å². The molecule has 1 unspecified atom stereocenters. The number of amides is 1. The molecule has 2 fully saturated rings. The summed E-state index contributed by atoms with van der Waals surface area (Å²) in [6, 6.07) is 7.65. The number of hydrogen-bond acceptors (Lipinski definition) is 3. The zero-order chi connectivity index (χ0) is 19.1. The molecule has 4 nitrogen and oxygen atoms in total. The first-order valence-electron chi connectivity index (χ1n) is 10.6. The molecule has 1 heterocycles. The number of halogens is 1. The lowest BCUT2D eigenvalue weighted by Crippen LogP contribution is -2.40. The van der Waals surface area contributed by atoms with E-state index in [-0.39, 0.29) is 11.9 Å². The average molecular weight is 392 g/mol. The number of nitrogens with zero attached hydrogens (tertiary/aromatic N) is 2. The maximum atomic E-state index is 12.5. The molecule has 27 heavy (non-hydrogen) atoms. The van der Waals surface area contributed by atoms with E-state index in [2.05, 4.69) is 15.1 Å². The second-order valence-corrected chi connectivity index (χ2v) is 8.65. The van der Waals surface area contributed by atoms with Gasteiger partial charge in [-0.3, -0.25) is 9.69 Å². The first kappa shape index (κ1) is 20.6. The fourth-order valence-corrected chi connectivity index (χ4v) is 4.79. The quantitative estimate of drug-likeness (QED) is 0.792. The lowest BCUT2D eigenvalue weighted by molar-refractivity contribution is -0.122. The zero-order valence-electron chi connectivity index (χ0n) is 16.6. The van der Waals surface area contributed by atoms with E-state index in [0.717, 1.165) is 37.5 Å². The van der Waals surface area contributed by atoms with Gasteiger partial charge >= 0.3 is 0 Å². The van der Waals surface area contributed by atoms with E-state index >= 15 is 0 Å². The van der Waals surface area contributed by atoms with Crippen molar-refractivity contribution in [2.45, 2.75) is 51.5 Å². The summed E-state index contributed by atoms with van der Waals surface area (Å²) in [6.07, 6.45) is 8.21. The predicted molar refractivity (Wildman–Crippen MR) is 112 cm³/mol. The van der Waals surface area contributed by atoms with Crippen LogP contribution in [0.4, 0.5) is 0 Å². The fraction of sp³-hybridized carbons (Fsp3) is 0.682. The van der Waals surface area contributed by atoms with Crippen molar-refractivity contribution in [2.75, 3.05) is 39.3 Å². The Hall–Kier alpha value is -1.10. The van der Waals surface area contributed by atoms with Gasteiger partial charge in [-0.25, -0.2) is 0 Å². The molecule has 150 valence electrons. The maximum Gasteiger partial charge on any atom is 0.234 e. The molecule has 1 saturated carbocycles. The van der Waals surface area contributed by atoms with Gasteiger partial charge < -0.3 is 10.2 Å². The van der Waals surface area contributed by atoms with Gasteiger partial charge in [0, 0.05) is 24.7 Å². The number of carbonyl (C=O) groups is 1. The van der Waals surface area contributed by atoms with Gasteiger partial charge in [-0.2, -0.15) is 0 Å². The number of benzene rings is 1. The molecule has 1 aromatic rings. The molecule has 1 aliphatic heterocycles. The van der Waals surface area contributed by atoms with Crippen molar-refractivity contribution in [3.05, 3.63) is 34.9 Å². The van der Waals surface area contributed by atoms with Crippen LogP contribution in [0.2, 0.25) is 5.02 Å². The molecule has 0 radical (unpaired) electrons. The van der Waals surface area contributed by atoms with E-state index in [1.807, 2.05) is 31.2 Å². The first-order valence-corrected chi connectivity index (χ1v) is 11.0. The third-order valence-electron chi connectivity index (χ3n) is 6.04. The van der Waals surface area contributed by atoms with E-state index in [0.29, 0.717) is 11.6 Å². The first-order chi connectivity index (χ1) is 13.1. The Kier molecular flexibility index (Phi) is 7.98. The summed E-state index contributed by atoms with van der Waals surface area (Å²) in [7, 11) is 0. The summed E-state index contributed by atoms with van der Waals surface area (Å²) < 4.78 is 0. The molecular weight excluding hydrogens is 358 g/mol. The average Bonchev–Trinajstić information content (AvgIpc) is 2.88. The number of carbonyl (C=O) groups excluding carboxylic acids is 1. The van der Waals surface area contributed by atoms with E-state index in [1.54, 1.807) is 0 Å². The van der Waals surface area contributed by atoms with Gasteiger partial charge in [-0.15, -0.1) is 0 Å². The normalized spacial score (nSPS) is 21.6. The molecule has 5 heteroatoms. The topological polar surface area (TPSA) is 35.6 Å². The number of hydrogen-bond donors (Lipinski definition) is 1. The minimum absolute atomic E-state index is 0.0685. The lowest BCUT2D eigenvalue weighted by atomic mass is 9.89. The summed E-state index contributed by atoms with van der Waals surface area (Å²) in [5, 5.41) is 3.81. The van der Waals surface area contributed by atoms with Crippen LogP contribution in [-0.4, -0.2) is 55.0 Å². The van der Waals surface area contributed by atoms with Crippen molar-refractivity contribution >= 4 is 17.5 Å². The predicted octanol–water partition coefficient (Wildman–Crippen LogP) is 4.11. The molecular formula is C22H34ClN3O. The van der Waals surface area contributed by atoms with Crippen LogP contribution in [0, 0.1) is 5.92 Å². The Morgan fingerprint density at radius 2 is 1.78 bits per heavy atom. The van der Waals surface area contributed by atoms with Crippen LogP contribution >= 0.6 is 11.6 Å². The third kappa shape index (κ3) is 6.48. The molecule has 3 rings (SSSR count). The van der Waals surface area contributed by atoms with Crippen molar-refractivity contribution in [3.63, 3.8) is 0 Å². The molecule has 0 spiro atoms. The largest absolute Gasteiger partial charge is 0.348 e. The van der Waals surface area contributed by atoms with Crippen LogP contribution in [0.25, 0.3) is 0 Å². The molecule has 1 aromatic carbocycles. The standard InChI is InChI=1S/C22H34ClN3O/c1-18(20-10-5-6-11-21(20)23)24-22(27)17-26-13-7-12-25(14-15-26)16-19-8-3-2-4-9-19/h5-6,10-11,18-19H,2-4,7-9,12-17H2,1H3,(H,24,27). The van der Waals surface area contributed by atoms with Crippen molar-refractivity contribution in [1.29, 1.82) is 0 Å². The van der Waals surface area contributed by atoms with E-state index < -0.39 is 0 Å². The Balaban J connectivity index is 1.42. The van der Waals surface area contributed by atoms with Crippen LogP contribution in [0.1, 0.15) is 57.1 Å². The number of nitrogens with one attached hydrogen (secondary N) is 1. The lowest BCUT2D eigenvalue weighted by Gasteiger charge is -2.28. The molecule has 2 aliphatic rings. The van der Waals surface area contributed by atoms with Crippen LogP contribution in [0.3, 0.4) is 0 Å². The Morgan fingerprint density at radius 1 is 1.07 bits per heavy atom.